The molecule has 2 heterocycles. The highest BCUT2D eigenvalue weighted by Gasteiger charge is 2.22. The lowest BCUT2D eigenvalue weighted by Crippen LogP contribution is -2.41. The van der Waals surface area contributed by atoms with E-state index in [1.54, 1.807) is 13.2 Å². The Morgan fingerprint density at radius 3 is 2.58 bits per heavy atom. The van der Waals surface area contributed by atoms with E-state index in [4.69, 9.17) is 9.47 Å². The average molecular weight is 358 g/mol. The molecule has 1 aliphatic rings. The summed E-state index contributed by atoms with van der Waals surface area (Å²) in [6.07, 6.45) is 1.26. The molecule has 2 aromatic rings. The molecule has 0 saturated carbocycles. The number of rotatable bonds is 7. The fourth-order valence-electron chi connectivity index (χ4n) is 2.97. The summed E-state index contributed by atoms with van der Waals surface area (Å²) in [6, 6.07) is 11.2. The standard InChI is InChI=1S/C18H22N4O4/c1-25-16-5-2-14(3-6-16)17(21-8-10-26-11-9-21)13-20-18-7-4-15(12-19-18)22(23)24/h2-7,12,17H,8-11,13H2,1H3,(H,19,20)/t17-/m1/s1. The van der Waals surface area contributed by atoms with Crippen LogP contribution in [0, 0.1) is 10.1 Å². The van der Waals surface area contributed by atoms with Gasteiger partial charge in [-0.3, -0.25) is 15.0 Å². The van der Waals surface area contributed by atoms with Crippen molar-refractivity contribution < 1.29 is 14.4 Å². The molecule has 0 bridgehead atoms. The van der Waals surface area contributed by atoms with E-state index in [9.17, 15) is 10.1 Å². The Morgan fingerprint density at radius 1 is 1.27 bits per heavy atom. The number of hydrogen-bond donors (Lipinski definition) is 1. The number of methoxy groups -OCH3 is 1. The second kappa shape index (κ2) is 8.59. The number of nitro groups is 1. The molecule has 1 N–H and O–H groups in total. The minimum atomic E-state index is -0.454. The first-order valence-electron chi connectivity index (χ1n) is 8.47. The summed E-state index contributed by atoms with van der Waals surface area (Å²) in [6.45, 7) is 3.76. The number of nitrogens with one attached hydrogen (secondary N) is 1. The van der Waals surface area contributed by atoms with Gasteiger partial charge in [-0.05, 0) is 23.8 Å². The quantitative estimate of drug-likeness (QED) is 0.601. The first-order chi connectivity index (χ1) is 12.7. The topological polar surface area (TPSA) is 89.8 Å². The van der Waals surface area contributed by atoms with Gasteiger partial charge in [-0.2, -0.15) is 0 Å². The molecule has 0 amide bonds. The summed E-state index contributed by atoms with van der Waals surface area (Å²) in [5.41, 5.74) is 1.15. The lowest BCUT2D eigenvalue weighted by Gasteiger charge is -2.35. The van der Waals surface area contributed by atoms with Crippen molar-refractivity contribution in [2.45, 2.75) is 6.04 Å². The molecule has 1 aromatic heterocycles. The third-order valence-electron chi connectivity index (χ3n) is 4.42. The van der Waals surface area contributed by atoms with Crippen molar-refractivity contribution in [3.8, 4) is 5.75 Å². The van der Waals surface area contributed by atoms with Gasteiger partial charge in [-0.15, -0.1) is 0 Å². The lowest BCUT2D eigenvalue weighted by atomic mass is 10.0. The van der Waals surface area contributed by atoms with Crippen molar-refractivity contribution in [1.82, 2.24) is 9.88 Å². The number of hydrogen-bond acceptors (Lipinski definition) is 7. The third kappa shape index (κ3) is 4.47. The van der Waals surface area contributed by atoms with Crippen molar-refractivity contribution >= 4 is 11.5 Å². The Kier molecular flexibility index (Phi) is 5.98. The van der Waals surface area contributed by atoms with E-state index >= 15 is 0 Å². The Hall–Kier alpha value is -2.71. The van der Waals surface area contributed by atoms with Crippen LogP contribution in [0.15, 0.2) is 42.6 Å². The zero-order chi connectivity index (χ0) is 18.4. The van der Waals surface area contributed by atoms with Crippen LogP contribution in [-0.4, -0.2) is 54.8 Å². The predicted molar refractivity (Wildman–Crippen MR) is 97.5 cm³/mol. The van der Waals surface area contributed by atoms with Crippen LogP contribution in [0.25, 0.3) is 0 Å². The van der Waals surface area contributed by atoms with Gasteiger partial charge in [0.2, 0.25) is 0 Å². The van der Waals surface area contributed by atoms with Crippen LogP contribution in [0.5, 0.6) is 5.75 Å². The van der Waals surface area contributed by atoms with Crippen molar-refractivity contribution in [2.24, 2.45) is 0 Å². The summed E-state index contributed by atoms with van der Waals surface area (Å²) < 4.78 is 10.7. The number of benzene rings is 1. The van der Waals surface area contributed by atoms with Gasteiger partial charge in [0, 0.05) is 25.7 Å². The van der Waals surface area contributed by atoms with Gasteiger partial charge in [-0.1, -0.05) is 12.1 Å². The van der Waals surface area contributed by atoms with E-state index in [-0.39, 0.29) is 11.7 Å². The number of pyridine rings is 1. The highest BCUT2D eigenvalue weighted by molar-refractivity contribution is 5.41. The molecule has 1 saturated heterocycles. The number of nitrogens with zero attached hydrogens (tertiary/aromatic N) is 3. The molecule has 8 nitrogen and oxygen atoms in total. The molecule has 0 aliphatic carbocycles. The minimum Gasteiger partial charge on any atom is -0.497 e. The van der Waals surface area contributed by atoms with Crippen molar-refractivity contribution in [1.29, 1.82) is 0 Å². The number of ether oxygens (including phenoxy) is 2. The molecule has 1 atom stereocenters. The van der Waals surface area contributed by atoms with Crippen molar-refractivity contribution in [3.05, 3.63) is 58.3 Å². The Labute approximate surface area is 151 Å². The van der Waals surface area contributed by atoms with E-state index in [0.29, 0.717) is 25.6 Å². The zero-order valence-corrected chi connectivity index (χ0v) is 14.6. The van der Waals surface area contributed by atoms with Gasteiger partial charge >= 0.3 is 0 Å². The second-order valence-corrected chi connectivity index (χ2v) is 5.98. The van der Waals surface area contributed by atoms with Crippen molar-refractivity contribution in [3.63, 3.8) is 0 Å². The lowest BCUT2D eigenvalue weighted by molar-refractivity contribution is -0.385. The van der Waals surface area contributed by atoms with Gasteiger partial charge < -0.3 is 14.8 Å². The molecule has 1 aliphatic heterocycles. The first-order valence-corrected chi connectivity index (χ1v) is 8.47. The average Bonchev–Trinajstić information content (AvgIpc) is 2.70. The van der Waals surface area contributed by atoms with Crippen LogP contribution in [0.3, 0.4) is 0 Å². The maximum absolute atomic E-state index is 10.7. The SMILES string of the molecule is COc1ccc([C@@H](CNc2ccc([N+](=O)[O-])cn2)N2CCOCC2)cc1. The fourth-order valence-corrected chi connectivity index (χ4v) is 2.97. The molecule has 3 rings (SSSR count). The summed E-state index contributed by atoms with van der Waals surface area (Å²) in [5, 5.41) is 14.0. The third-order valence-corrected chi connectivity index (χ3v) is 4.42. The highest BCUT2D eigenvalue weighted by atomic mass is 16.6. The first kappa shape index (κ1) is 18.1. The summed E-state index contributed by atoms with van der Waals surface area (Å²) in [7, 11) is 1.65. The van der Waals surface area contributed by atoms with Crippen LogP contribution in [0.1, 0.15) is 11.6 Å². The molecule has 1 fully saturated rings. The Morgan fingerprint density at radius 2 is 2.00 bits per heavy atom. The summed E-state index contributed by atoms with van der Waals surface area (Å²) in [4.78, 5) is 16.8. The maximum atomic E-state index is 10.7. The fraction of sp³-hybridized carbons (Fsp3) is 0.389. The Balaban J connectivity index is 1.73. The van der Waals surface area contributed by atoms with E-state index < -0.39 is 4.92 Å². The van der Waals surface area contributed by atoms with Gasteiger partial charge in [0.15, 0.2) is 0 Å². The summed E-state index contributed by atoms with van der Waals surface area (Å²) >= 11 is 0. The van der Waals surface area contributed by atoms with Crippen LogP contribution in [0.4, 0.5) is 11.5 Å². The normalized spacial score (nSPS) is 16.0. The smallest absolute Gasteiger partial charge is 0.287 e. The molecule has 8 heteroatoms. The largest absolute Gasteiger partial charge is 0.497 e. The van der Waals surface area contributed by atoms with Gasteiger partial charge in [0.05, 0.1) is 31.3 Å². The van der Waals surface area contributed by atoms with Gasteiger partial charge in [0.25, 0.3) is 5.69 Å². The molecule has 0 unspecified atom stereocenters. The predicted octanol–water partition coefficient (Wildman–Crippen LogP) is 2.48. The van der Waals surface area contributed by atoms with Crippen molar-refractivity contribution in [2.75, 3.05) is 45.3 Å². The summed E-state index contributed by atoms with van der Waals surface area (Å²) in [5.74, 6) is 1.43. The van der Waals surface area contributed by atoms with Crippen LogP contribution in [0.2, 0.25) is 0 Å². The molecule has 0 radical (unpaired) electrons. The monoisotopic (exact) mass is 358 g/mol. The zero-order valence-electron chi connectivity index (χ0n) is 14.6. The molecule has 26 heavy (non-hydrogen) atoms. The minimum absolute atomic E-state index is 0.0181. The van der Waals surface area contributed by atoms with Gasteiger partial charge in [0.1, 0.15) is 17.8 Å². The van der Waals surface area contributed by atoms with E-state index in [1.165, 1.54) is 17.8 Å². The Bertz CT molecular complexity index is 715. The van der Waals surface area contributed by atoms with E-state index in [2.05, 4.69) is 27.3 Å². The molecular weight excluding hydrogens is 336 g/mol. The number of anilines is 1. The highest BCUT2D eigenvalue weighted by Crippen LogP contribution is 2.25. The molecule has 138 valence electrons. The van der Waals surface area contributed by atoms with Gasteiger partial charge in [-0.25, -0.2) is 4.98 Å². The molecule has 0 spiro atoms. The van der Waals surface area contributed by atoms with E-state index in [0.717, 1.165) is 18.8 Å². The molecule has 1 aromatic carbocycles. The number of aromatic nitrogens is 1. The molecular formula is C18H22N4O4. The second-order valence-electron chi connectivity index (χ2n) is 5.98. The van der Waals surface area contributed by atoms with Crippen LogP contribution in [-0.2, 0) is 4.74 Å². The maximum Gasteiger partial charge on any atom is 0.287 e. The van der Waals surface area contributed by atoms with Crippen LogP contribution >= 0.6 is 0 Å². The van der Waals surface area contributed by atoms with Crippen LogP contribution < -0.4 is 10.1 Å². The van der Waals surface area contributed by atoms with E-state index in [1.807, 2.05) is 12.1 Å². The number of morpholine rings is 1.